The summed E-state index contributed by atoms with van der Waals surface area (Å²) in [4.78, 5) is 15.6. The molecule has 0 unspecified atom stereocenters. The predicted molar refractivity (Wildman–Crippen MR) is 72.4 cm³/mol. The van der Waals surface area contributed by atoms with Gasteiger partial charge in [0.2, 0.25) is 0 Å². The minimum atomic E-state index is 0.0949. The van der Waals surface area contributed by atoms with Crippen LogP contribution in [0.3, 0.4) is 0 Å². The molecular formula is C14H15NO2S. The van der Waals surface area contributed by atoms with Gasteiger partial charge in [-0.2, -0.15) is 0 Å². The van der Waals surface area contributed by atoms with Gasteiger partial charge in [-0.1, -0.05) is 17.7 Å². The molecule has 3 nitrogen and oxygen atoms in total. The number of nitrogens with zero attached hydrogens (tertiary/aromatic N) is 1. The lowest BCUT2D eigenvalue weighted by Gasteiger charge is -2.05. The normalized spacial score (nSPS) is 10.3. The summed E-state index contributed by atoms with van der Waals surface area (Å²) in [7, 11) is 0. The van der Waals surface area contributed by atoms with Gasteiger partial charge in [0.25, 0.3) is 0 Å². The fourth-order valence-electron chi connectivity index (χ4n) is 1.53. The van der Waals surface area contributed by atoms with Crippen LogP contribution in [0.4, 0.5) is 0 Å². The summed E-state index contributed by atoms with van der Waals surface area (Å²) in [6, 6.07) is 7.90. The summed E-state index contributed by atoms with van der Waals surface area (Å²) in [5.74, 6) is 0.944. The van der Waals surface area contributed by atoms with Crippen molar-refractivity contribution in [2.24, 2.45) is 0 Å². The maximum absolute atomic E-state index is 11.7. The van der Waals surface area contributed by atoms with Gasteiger partial charge in [-0.15, -0.1) is 11.3 Å². The van der Waals surface area contributed by atoms with Crippen molar-refractivity contribution >= 4 is 17.1 Å². The van der Waals surface area contributed by atoms with Gasteiger partial charge in [0.05, 0.1) is 6.61 Å². The average Bonchev–Trinajstić information content (AvgIpc) is 2.90. The Kier molecular flexibility index (Phi) is 4.47. The lowest BCUT2D eigenvalue weighted by Crippen LogP contribution is -2.03. The first-order valence-electron chi connectivity index (χ1n) is 5.88. The number of ketones is 1. The molecule has 0 atom stereocenters. The Morgan fingerprint density at radius 2 is 2.11 bits per heavy atom. The molecular weight excluding hydrogens is 246 g/mol. The Morgan fingerprint density at radius 1 is 1.33 bits per heavy atom. The highest BCUT2D eigenvalue weighted by molar-refractivity contribution is 7.11. The summed E-state index contributed by atoms with van der Waals surface area (Å²) in [6.07, 6.45) is 2.85. The fraction of sp³-hybridized carbons (Fsp3) is 0.286. The third kappa shape index (κ3) is 3.67. The van der Waals surface area contributed by atoms with E-state index in [0.29, 0.717) is 24.5 Å². The number of ether oxygens (including phenoxy) is 1. The Balaban J connectivity index is 1.70. The Hall–Kier alpha value is -1.68. The Bertz CT molecular complexity index is 491. The summed E-state index contributed by atoms with van der Waals surface area (Å²) >= 11 is 1.39. The van der Waals surface area contributed by atoms with Crippen LogP contribution in [0.5, 0.6) is 5.75 Å². The second-order valence-electron chi connectivity index (χ2n) is 4.03. The van der Waals surface area contributed by atoms with Crippen molar-refractivity contribution in [2.45, 2.75) is 19.8 Å². The predicted octanol–water partition coefficient (Wildman–Crippen LogP) is 3.49. The van der Waals surface area contributed by atoms with E-state index in [-0.39, 0.29) is 5.78 Å². The van der Waals surface area contributed by atoms with Crippen LogP contribution in [0.1, 0.15) is 28.2 Å². The zero-order chi connectivity index (χ0) is 12.8. The number of thiazole rings is 1. The number of Topliss-reactive ketones (excluding diaryl/α,β-unsaturated/α-hetero) is 1. The van der Waals surface area contributed by atoms with Crippen molar-refractivity contribution in [1.29, 1.82) is 0 Å². The molecule has 94 valence electrons. The van der Waals surface area contributed by atoms with Gasteiger partial charge in [0.1, 0.15) is 5.75 Å². The largest absolute Gasteiger partial charge is 0.494 e. The summed E-state index contributed by atoms with van der Waals surface area (Å²) in [5.41, 5.74) is 1.21. The molecule has 0 aliphatic rings. The van der Waals surface area contributed by atoms with Crippen molar-refractivity contribution in [3.05, 3.63) is 46.4 Å². The van der Waals surface area contributed by atoms with E-state index in [2.05, 4.69) is 4.98 Å². The maximum atomic E-state index is 11.7. The van der Waals surface area contributed by atoms with Crippen molar-refractivity contribution in [3.8, 4) is 5.75 Å². The van der Waals surface area contributed by atoms with E-state index < -0.39 is 0 Å². The number of rotatable bonds is 6. The third-order valence-corrected chi connectivity index (χ3v) is 3.32. The van der Waals surface area contributed by atoms with Gasteiger partial charge < -0.3 is 4.74 Å². The van der Waals surface area contributed by atoms with Crippen LogP contribution in [-0.2, 0) is 0 Å². The van der Waals surface area contributed by atoms with Gasteiger partial charge >= 0.3 is 0 Å². The summed E-state index contributed by atoms with van der Waals surface area (Å²) < 4.78 is 5.56. The molecule has 0 saturated carbocycles. The molecule has 0 radical (unpaired) electrons. The standard InChI is InChI=1S/C14H15NO2S/c1-11-4-6-12(7-5-11)17-9-2-3-13(16)14-15-8-10-18-14/h4-8,10H,2-3,9H2,1H3. The van der Waals surface area contributed by atoms with Gasteiger partial charge in [0.15, 0.2) is 10.8 Å². The maximum Gasteiger partial charge on any atom is 0.191 e. The first-order valence-corrected chi connectivity index (χ1v) is 6.76. The summed E-state index contributed by atoms with van der Waals surface area (Å²) in [5, 5.41) is 2.40. The number of hydrogen-bond acceptors (Lipinski definition) is 4. The van der Waals surface area contributed by atoms with Crippen LogP contribution in [0.25, 0.3) is 0 Å². The Labute approximate surface area is 110 Å². The zero-order valence-electron chi connectivity index (χ0n) is 10.3. The number of carbonyl (C=O) groups excluding carboxylic acids is 1. The lowest BCUT2D eigenvalue weighted by molar-refractivity contribution is 0.0973. The van der Waals surface area contributed by atoms with E-state index in [9.17, 15) is 4.79 Å². The topological polar surface area (TPSA) is 39.2 Å². The minimum Gasteiger partial charge on any atom is -0.494 e. The first-order chi connectivity index (χ1) is 8.75. The molecule has 0 aliphatic heterocycles. The van der Waals surface area contributed by atoms with Crippen molar-refractivity contribution in [3.63, 3.8) is 0 Å². The van der Waals surface area contributed by atoms with Crippen LogP contribution in [-0.4, -0.2) is 17.4 Å². The molecule has 0 bridgehead atoms. The smallest absolute Gasteiger partial charge is 0.191 e. The quantitative estimate of drug-likeness (QED) is 0.590. The monoisotopic (exact) mass is 261 g/mol. The lowest BCUT2D eigenvalue weighted by atomic mass is 10.2. The summed E-state index contributed by atoms with van der Waals surface area (Å²) in [6.45, 7) is 2.59. The first kappa shape index (κ1) is 12.8. The minimum absolute atomic E-state index is 0.0949. The van der Waals surface area contributed by atoms with E-state index >= 15 is 0 Å². The SMILES string of the molecule is Cc1ccc(OCCCC(=O)c2nccs2)cc1. The van der Waals surface area contributed by atoms with E-state index in [1.54, 1.807) is 6.20 Å². The van der Waals surface area contributed by atoms with E-state index in [0.717, 1.165) is 5.75 Å². The molecule has 0 fully saturated rings. The fourth-order valence-corrected chi connectivity index (χ4v) is 2.13. The van der Waals surface area contributed by atoms with Crippen LogP contribution in [0, 0.1) is 6.92 Å². The highest BCUT2D eigenvalue weighted by Crippen LogP contribution is 2.13. The van der Waals surface area contributed by atoms with E-state index in [1.165, 1.54) is 16.9 Å². The molecule has 0 spiro atoms. The molecule has 0 amide bonds. The molecule has 0 aliphatic carbocycles. The number of aryl methyl sites for hydroxylation is 1. The van der Waals surface area contributed by atoms with E-state index in [1.807, 2.05) is 36.6 Å². The molecule has 2 aromatic rings. The molecule has 2 rings (SSSR count). The van der Waals surface area contributed by atoms with Gasteiger partial charge in [-0.05, 0) is 25.5 Å². The zero-order valence-corrected chi connectivity index (χ0v) is 11.1. The molecule has 0 saturated heterocycles. The Morgan fingerprint density at radius 3 is 2.78 bits per heavy atom. The van der Waals surface area contributed by atoms with Crippen molar-refractivity contribution < 1.29 is 9.53 Å². The second kappa shape index (κ2) is 6.31. The average molecular weight is 261 g/mol. The van der Waals surface area contributed by atoms with Crippen molar-refractivity contribution in [1.82, 2.24) is 4.98 Å². The van der Waals surface area contributed by atoms with Crippen LogP contribution in [0.15, 0.2) is 35.8 Å². The molecule has 0 N–H and O–H groups in total. The third-order valence-electron chi connectivity index (χ3n) is 2.51. The van der Waals surface area contributed by atoms with Gasteiger partial charge in [0, 0.05) is 18.0 Å². The highest BCUT2D eigenvalue weighted by Gasteiger charge is 2.07. The van der Waals surface area contributed by atoms with Crippen LogP contribution in [0.2, 0.25) is 0 Å². The van der Waals surface area contributed by atoms with Crippen molar-refractivity contribution in [2.75, 3.05) is 6.61 Å². The number of hydrogen-bond donors (Lipinski definition) is 0. The molecule has 4 heteroatoms. The van der Waals surface area contributed by atoms with E-state index in [4.69, 9.17) is 4.74 Å². The molecule has 1 aromatic heterocycles. The molecule has 1 aromatic carbocycles. The number of carbonyl (C=O) groups is 1. The number of aromatic nitrogens is 1. The molecule has 1 heterocycles. The highest BCUT2D eigenvalue weighted by atomic mass is 32.1. The molecule has 18 heavy (non-hydrogen) atoms. The van der Waals surface area contributed by atoms with Crippen LogP contribution >= 0.6 is 11.3 Å². The second-order valence-corrected chi connectivity index (χ2v) is 4.92. The number of benzene rings is 1. The van der Waals surface area contributed by atoms with Gasteiger partial charge in [-0.3, -0.25) is 4.79 Å². The van der Waals surface area contributed by atoms with Gasteiger partial charge in [-0.25, -0.2) is 4.98 Å². The van der Waals surface area contributed by atoms with Crippen LogP contribution < -0.4 is 4.74 Å².